The summed E-state index contributed by atoms with van der Waals surface area (Å²) in [5, 5.41) is 0.734. The van der Waals surface area contributed by atoms with Crippen LogP contribution in [0.5, 0.6) is 5.88 Å². The van der Waals surface area contributed by atoms with Gasteiger partial charge in [-0.25, -0.2) is 18.4 Å². The van der Waals surface area contributed by atoms with Crippen LogP contribution >= 0.6 is 12.2 Å². The van der Waals surface area contributed by atoms with E-state index in [4.69, 9.17) is 76.3 Å². The van der Waals surface area contributed by atoms with Gasteiger partial charge in [0.2, 0.25) is 11.8 Å². The summed E-state index contributed by atoms with van der Waals surface area (Å²) in [6, 6.07) is 10.4. The molecule has 0 atom stereocenters. The zero-order chi connectivity index (χ0) is 29.4. The molecule has 4 rings (SSSR count). The van der Waals surface area contributed by atoms with Crippen LogP contribution in [0, 0.1) is 0 Å². The van der Waals surface area contributed by atoms with Gasteiger partial charge in [0.05, 0.1) is 42.5 Å². The van der Waals surface area contributed by atoms with Crippen molar-refractivity contribution in [2.24, 2.45) is 0 Å². The van der Waals surface area contributed by atoms with E-state index in [1.165, 1.54) is 25.6 Å². The van der Waals surface area contributed by atoms with Gasteiger partial charge in [-0.1, -0.05) is 41.4 Å². The van der Waals surface area contributed by atoms with Crippen LogP contribution in [0.2, 0.25) is 0 Å². The van der Waals surface area contributed by atoms with Crippen molar-refractivity contribution < 1.29 is 17.6 Å². The van der Waals surface area contributed by atoms with E-state index in [0.717, 1.165) is 5.56 Å². The average molecular weight is 549 g/mol. The van der Waals surface area contributed by atoms with Gasteiger partial charge < -0.3 is 14.5 Å². The number of oxazole rings is 1. The predicted molar refractivity (Wildman–Crippen MR) is 166 cm³/mol. The highest BCUT2D eigenvalue weighted by Crippen LogP contribution is 2.28. The molecule has 17 heteroatoms. The molecule has 14 radical (unpaired) electrons. The number of nitrogens with zero attached hydrogens (tertiary/aromatic N) is 2. The van der Waals surface area contributed by atoms with Crippen molar-refractivity contribution in [1.29, 1.82) is 0 Å². The molecule has 0 unspecified atom stereocenters. The van der Waals surface area contributed by atoms with Crippen LogP contribution in [0.15, 0.2) is 58.2 Å². The second-order valence-electron chi connectivity index (χ2n) is 8.53. The maximum absolute atomic E-state index is 13.6. The van der Waals surface area contributed by atoms with Crippen LogP contribution in [0.3, 0.4) is 0 Å². The Labute approximate surface area is 246 Å². The Hall–Kier alpha value is -3.31. The Morgan fingerprint density at radius 1 is 1.02 bits per heavy atom. The van der Waals surface area contributed by atoms with Gasteiger partial charge in [0.25, 0.3) is 10.0 Å². The number of methoxy groups -OCH3 is 1. The molecule has 2 heterocycles. The summed E-state index contributed by atoms with van der Waals surface area (Å²) in [5.74, 6) is 0.0964. The summed E-state index contributed by atoms with van der Waals surface area (Å²) >= 11 is 5.43. The van der Waals surface area contributed by atoms with E-state index in [1.807, 2.05) is 30.3 Å². The fourth-order valence-corrected chi connectivity index (χ4v) is 5.16. The third-order valence-corrected chi connectivity index (χ3v) is 7.30. The topological polar surface area (TPSA) is 106 Å². The minimum Gasteiger partial charge on any atom is -0.480 e. The van der Waals surface area contributed by atoms with E-state index in [0.29, 0.717) is 11.6 Å². The highest BCUT2D eigenvalue weighted by molar-refractivity contribution is 7.92. The number of aromatic nitrogens is 2. The molecule has 4 aromatic rings. The van der Waals surface area contributed by atoms with Gasteiger partial charge in [0.1, 0.15) is 48.3 Å². The lowest BCUT2D eigenvalue weighted by Crippen LogP contribution is -2.53. The molecule has 0 spiro atoms. The van der Waals surface area contributed by atoms with E-state index in [2.05, 4.69) is 20.0 Å². The highest BCUT2D eigenvalue weighted by Gasteiger charge is 2.28. The number of pyridine rings is 1. The molecule has 182 valence electrons. The molecular weight excluding hydrogens is 536 g/mol. The molecule has 2 N–H and O–H groups in total. The minimum absolute atomic E-state index is 0.138. The number of nitrogens with one attached hydrogen (secondary N) is 2. The molecule has 0 bridgehead atoms. The number of rotatable bonds is 8. The largest absolute Gasteiger partial charge is 0.480 e. The SMILES string of the molecule is [B]c1c([B])c([B])c(C([B])([B])[B])c(NS(=O)(=O)c2cc(NC(=S)c3coc(-c4ccccc4)n3)cnc2OC)c1[B]. The Kier molecular flexibility index (Phi) is 8.37. The molecule has 2 aromatic carbocycles. The molecule has 0 amide bonds. The third-order valence-electron chi connectivity index (χ3n) is 5.65. The number of sulfonamides is 1. The van der Waals surface area contributed by atoms with E-state index >= 15 is 0 Å². The van der Waals surface area contributed by atoms with Crippen LogP contribution in [0.4, 0.5) is 11.4 Å². The maximum Gasteiger partial charge on any atom is 0.267 e. The monoisotopic (exact) mass is 550 g/mol. The van der Waals surface area contributed by atoms with Crippen molar-refractivity contribution in [1.82, 2.24) is 9.97 Å². The zero-order valence-electron chi connectivity index (χ0n) is 21.0. The first-order valence-electron chi connectivity index (χ1n) is 11.3. The fourth-order valence-electron chi connectivity index (χ4n) is 3.71. The lowest BCUT2D eigenvalue weighted by Gasteiger charge is -2.32. The summed E-state index contributed by atoms with van der Waals surface area (Å²) < 4.78 is 40.1. The maximum atomic E-state index is 13.6. The number of anilines is 2. The molecule has 0 fully saturated rings. The second-order valence-corrected chi connectivity index (χ2v) is 10.6. The number of benzene rings is 2. The fraction of sp³-hybridized carbons (Fsp3) is 0.0870. The van der Waals surface area contributed by atoms with Crippen LogP contribution in [-0.2, 0) is 15.1 Å². The van der Waals surface area contributed by atoms with E-state index in [-0.39, 0.29) is 49.7 Å². The number of ether oxygens (including phenoxy) is 1. The van der Waals surface area contributed by atoms with Gasteiger partial charge in [-0.2, -0.15) is 0 Å². The molecule has 0 saturated carbocycles. The Balaban J connectivity index is 1.69. The van der Waals surface area contributed by atoms with Crippen molar-refractivity contribution in [2.45, 2.75) is 10.0 Å². The number of hydrogen-bond donors (Lipinski definition) is 2. The molecule has 0 aliphatic rings. The van der Waals surface area contributed by atoms with E-state index < -0.39 is 20.0 Å². The Morgan fingerprint density at radius 3 is 2.30 bits per heavy atom. The van der Waals surface area contributed by atoms with Gasteiger partial charge in [-0.15, -0.1) is 21.5 Å². The van der Waals surface area contributed by atoms with Gasteiger partial charge in [0.15, 0.2) is 4.90 Å². The Bertz CT molecular complexity index is 1710. The lowest BCUT2D eigenvalue weighted by molar-refractivity contribution is 0.385. The third kappa shape index (κ3) is 5.90. The van der Waals surface area contributed by atoms with Crippen molar-refractivity contribution in [3.63, 3.8) is 0 Å². The molecular formula is C23H13B7N4O4S2. The van der Waals surface area contributed by atoms with Crippen molar-refractivity contribution in [2.75, 3.05) is 17.1 Å². The van der Waals surface area contributed by atoms with E-state index in [9.17, 15) is 8.42 Å². The molecule has 0 aliphatic heterocycles. The van der Waals surface area contributed by atoms with Crippen molar-refractivity contribution >= 4 is 115 Å². The normalized spacial score (nSPS) is 11.6. The molecule has 2 aromatic heterocycles. The first-order valence-corrected chi connectivity index (χ1v) is 13.2. The summed E-state index contributed by atoms with van der Waals surface area (Å²) in [6.45, 7) is 0. The van der Waals surface area contributed by atoms with Gasteiger partial charge in [-0.3, -0.25) is 4.72 Å². The minimum atomic E-state index is -4.52. The summed E-state index contributed by atoms with van der Waals surface area (Å²) in [4.78, 5) is 8.16. The highest BCUT2D eigenvalue weighted by atomic mass is 32.2. The number of hydrogen-bond acceptors (Lipinski definition) is 7. The molecule has 8 nitrogen and oxygen atoms in total. The summed E-state index contributed by atoms with van der Waals surface area (Å²) in [5.41, 5.74) is -0.287. The zero-order valence-corrected chi connectivity index (χ0v) is 22.6. The Morgan fingerprint density at radius 2 is 1.68 bits per heavy atom. The predicted octanol–water partition coefficient (Wildman–Crippen LogP) is -1.88. The average Bonchev–Trinajstić information content (AvgIpc) is 3.41. The van der Waals surface area contributed by atoms with Crippen LogP contribution in [0.1, 0.15) is 11.3 Å². The first kappa shape index (κ1) is 29.7. The van der Waals surface area contributed by atoms with Gasteiger partial charge >= 0.3 is 0 Å². The second kappa shape index (κ2) is 11.3. The smallest absolute Gasteiger partial charge is 0.267 e. The summed E-state index contributed by atoms with van der Waals surface area (Å²) in [7, 11) is 38.1. The first-order chi connectivity index (χ1) is 18.7. The lowest BCUT2D eigenvalue weighted by atomic mass is 9.38. The van der Waals surface area contributed by atoms with Crippen LogP contribution in [-0.4, -0.2) is 85.4 Å². The standard InChI is InChI=1S/C23H13B7N4O4S2/c1-37-21-13(40(35,36)34-19-14(23(28,29)30)15(24)16(25)17(26)18(19)27)7-11(8-31-21)32-22(39)12-9-38-20(33-12)10-5-3-2-4-6-10/h2-9,34H,1H3,(H,32,39). The van der Waals surface area contributed by atoms with Crippen molar-refractivity contribution in [3.05, 3.63) is 60.1 Å². The van der Waals surface area contributed by atoms with Crippen LogP contribution < -0.4 is 36.6 Å². The quantitative estimate of drug-likeness (QED) is 0.195. The molecule has 0 saturated heterocycles. The van der Waals surface area contributed by atoms with Gasteiger partial charge in [-0.05, 0) is 18.2 Å². The number of thiocarbonyl (C=S) groups is 1. The van der Waals surface area contributed by atoms with Crippen molar-refractivity contribution in [3.8, 4) is 17.3 Å². The summed E-state index contributed by atoms with van der Waals surface area (Å²) in [6.07, 6.45) is 2.68. The van der Waals surface area contributed by atoms with Crippen LogP contribution in [0.25, 0.3) is 11.5 Å². The molecule has 0 aliphatic carbocycles. The van der Waals surface area contributed by atoms with E-state index in [1.54, 1.807) is 0 Å². The van der Waals surface area contributed by atoms with Gasteiger partial charge in [0, 0.05) is 11.3 Å². The molecule has 40 heavy (non-hydrogen) atoms.